The van der Waals surface area contributed by atoms with Gasteiger partial charge in [0, 0.05) is 0 Å². The quantitative estimate of drug-likeness (QED) is 0.258. The third kappa shape index (κ3) is 2.16. The fourth-order valence-corrected chi connectivity index (χ4v) is 3.00. The molecular weight excluding hydrogens is 168 g/mol. The van der Waals surface area contributed by atoms with Gasteiger partial charge in [-0.1, -0.05) is 6.58 Å². The van der Waals surface area contributed by atoms with Crippen molar-refractivity contribution in [3.05, 3.63) is 12.7 Å². The Morgan fingerprint density at radius 2 is 1.44 bits per heavy atom. The van der Waals surface area contributed by atoms with Gasteiger partial charge in [0.15, 0.2) is 31.5 Å². The summed E-state index contributed by atoms with van der Waals surface area (Å²) in [7, 11) is 1.79. The molecule has 9 heavy (non-hydrogen) atoms. The van der Waals surface area contributed by atoms with Gasteiger partial charge < -0.3 is 13.3 Å². The number of hydrogen-bond donors (Lipinski definition) is 0. The molecule has 0 unspecified atom stereocenters. The van der Waals surface area contributed by atoms with Gasteiger partial charge in [-0.15, -0.1) is 0 Å². The predicted molar refractivity (Wildman–Crippen MR) is 46.0 cm³/mol. The van der Waals surface area contributed by atoms with Crippen LogP contribution in [-0.4, -0.2) is 37.4 Å². The highest BCUT2D eigenvalue weighted by Gasteiger charge is 2.21. The Morgan fingerprint density at radius 3 is 1.44 bits per heavy atom. The maximum atomic E-state index is 5.03. The molecular formula is C3H12O3Si3. The molecule has 0 aromatic rings. The summed E-state index contributed by atoms with van der Waals surface area (Å²) in [5.74, 6) is -0.884. The largest absolute Gasteiger partial charge is 0.378 e. The molecule has 0 aromatic carbocycles. The summed E-state index contributed by atoms with van der Waals surface area (Å²) >= 11 is 0. The lowest BCUT2D eigenvalue weighted by molar-refractivity contribution is -0.208. The van der Waals surface area contributed by atoms with Crippen LogP contribution < -0.4 is 0 Å². The molecule has 6 heteroatoms. The minimum Gasteiger partial charge on any atom is -0.378 e. The van der Waals surface area contributed by atoms with Crippen LogP contribution in [0.3, 0.4) is 0 Å². The first-order valence-corrected chi connectivity index (χ1v) is 4.98. The summed E-state index contributed by atoms with van der Waals surface area (Å²) in [4.78, 5) is 0. The second-order valence-electron chi connectivity index (χ2n) is 1.42. The molecule has 0 heterocycles. The van der Waals surface area contributed by atoms with Gasteiger partial charge in [-0.05, 0) is 6.08 Å². The SMILES string of the molecule is C=CC(O[SiH3])(O[SiH3])O[SiH3]. The standard InChI is InChI=1S/C3H12O3Si3/c1-2-3(4-7,5-8)6-9/h2H,1H2,7-9H3. The molecule has 0 rings (SSSR count). The lowest BCUT2D eigenvalue weighted by atomic mass is 10.6. The van der Waals surface area contributed by atoms with Crippen molar-refractivity contribution >= 4 is 31.5 Å². The van der Waals surface area contributed by atoms with E-state index in [-0.39, 0.29) is 0 Å². The summed E-state index contributed by atoms with van der Waals surface area (Å²) in [6, 6.07) is 0. The highest BCUT2D eigenvalue weighted by Crippen LogP contribution is 2.10. The van der Waals surface area contributed by atoms with Crippen LogP contribution in [0.1, 0.15) is 0 Å². The molecule has 54 valence electrons. The van der Waals surface area contributed by atoms with E-state index in [1.54, 1.807) is 6.08 Å². The maximum Gasteiger partial charge on any atom is 0.273 e. The molecule has 0 radical (unpaired) electrons. The molecule has 0 aliphatic heterocycles. The molecule has 3 nitrogen and oxygen atoms in total. The van der Waals surface area contributed by atoms with Gasteiger partial charge in [0.1, 0.15) is 0 Å². The lowest BCUT2D eigenvalue weighted by Crippen LogP contribution is -2.34. The van der Waals surface area contributed by atoms with Gasteiger partial charge in [0.05, 0.1) is 0 Å². The van der Waals surface area contributed by atoms with Crippen molar-refractivity contribution in [2.45, 2.75) is 5.97 Å². The van der Waals surface area contributed by atoms with Gasteiger partial charge in [-0.3, -0.25) is 0 Å². The summed E-state index contributed by atoms with van der Waals surface area (Å²) in [5, 5.41) is 0. The van der Waals surface area contributed by atoms with E-state index in [0.29, 0.717) is 31.5 Å². The van der Waals surface area contributed by atoms with E-state index >= 15 is 0 Å². The Morgan fingerprint density at radius 1 is 1.11 bits per heavy atom. The van der Waals surface area contributed by atoms with E-state index in [2.05, 4.69) is 6.58 Å². The maximum absolute atomic E-state index is 5.03. The summed E-state index contributed by atoms with van der Waals surface area (Å²) in [5.41, 5.74) is 0. The lowest BCUT2D eigenvalue weighted by Gasteiger charge is -2.26. The minimum atomic E-state index is -0.884. The summed E-state index contributed by atoms with van der Waals surface area (Å²) in [6.45, 7) is 3.54. The van der Waals surface area contributed by atoms with Crippen molar-refractivity contribution in [2.75, 3.05) is 0 Å². The third-order valence-electron chi connectivity index (χ3n) is 1.10. The summed E-state index contributed by atoms with van der Waals surface area (Å²) in [6.07, 6.45) is 1.54. The van der Waals surface area contributed by atoms with E-state index in [0.717, 1.165) is 0 Å². The Balaban J connectivity index is 3.98. The molecule has 0 N–H and O–H groups in total. The Hall–Kier alpha value is 0.271. The molecule has 0 aliphatic rings. The van der Waals surface area contributed by atoms with Crippen LogP contribution in [0, 0.1) is 0 Å². The zero-order chi connectivity index (χ0) is 7.33. The van der Waals surface area contributed by atoms with Crippen molar-refractivity contribution in [3.8, 4) is 0 Å². The normalized spacial score (nSPS) is 17.8. The monoisotopic (exact) mass is 180 g/mol. The average molecular weight is 180 g/mol. The molecule has 0 aliphatic carbocycles. The van der Waals surface area contributed by atoms with Crippen LogP contribution in [0.25, 0.3) is 0 Å². The second kappa shape index (κ2) is 4.14. The van der Waals surface area contributed by atoms with Gasteiger partial charge in [-0.2, -0.15) is 0 Å². The molecule has 0 atom stereocenters. The first-order valence-electron chi connectivity index (χ1n) is 2.53. The second-order valence-corrected chi connectivity index (χ2v) is 2.64. The molecule has 0 saturated heterocycles. The highest BCUT2D eigenvalue weighted by molar-refractivity contribution is 6.02. The van der Waals surface area contributed by atoms with Gasteiger partial charge >= 0.3 is 0 Å². The van der Waals surface area contributed by atoms with Crippen molar-refractivity contribution in [3.63, 3.8) is 0 Å². The zero-order valence-corrected chi connectivity index (χ0v) is 12.0. The summed E-state index contributed by atoms with van der Waals surface area (Å²) < 4.78 is 15.1. The van der Waals surface area contributed by atoms with E-state index in [4.69, 9.17) is 13.3 Å². The highest BCUT2D eigenvalue weighted by atomic mass is 28.2. The average Bonchev–Trinajstić information content (AvgIpc) is 1.95. The van der Waals surface area contributed by atoms with Crippen molar-refractivity contribution in [2.24, 2.45) is 0 Å². The predicted octanol–water partition coefficient (Wildman–Crippen LogP) is -3.28. The van der Waals surface area contributed by atoms with Crippen molar-refractivity contribution in [1.29, 1.82) is 0 Å². The Bertz CT molecular complexity index is 84.0. The first kappa shape index (κ1) is 9.27. The van der Waals surface area contributed by atoms with Gasteiger partial charge in [0.25, 0.3) is 5.97 Å². The first-order chi connectivity index (χ1) is 4.24. The molecule has 0 amide bonds. The number of hydrogen-bond acceptors (Lipinski definition) is 3. The van der Waals surface area contributed by atoms with E-state index in [1.807, 2.05) is 0 Å². The molecule has 0 bridgehead atoms. The fraction of sp³-hybridized carbons (Fsp3) is 0.333. The Kier molecular flexibility index (Phi) is 4.27. The smallest absolute Gasteiger partial charge is 0.273 e. The van der Waals surface area contributed by atoms with Crippen LogP contribution in [0.15, 0.2) is 12.7 Å². The Labute approximate surface area is 64.0 Å². The van der Waals surface area contributed by atoms with E-state index in [1.165, 1.54) is 0 Å². The van der Waals surface area contributed by atoms with Gasteiger partial charge in [0.2, 0.25) is 0 Å². The minimum absolute atomic E-state index is 0.598. The van der Waals surface area contributed by atoms with Crippen LogP contribution in [0.4, 0.5) is 0 Å². The molecule has 0 saturated carbocycles. The molecule has 0 spiro atoms. The third-order valence-corrected chi connectivity index (χ3v) is 2.81. The number of rotatable bonds is 4. The molecule has 0 aromatic heterocycles. The zero-order valence-electron chi connectivity index (χ0n) is 6.01. The van der Waals surface area contributed by atoms with E-state index in [9.17, 15) is 0 Å². The van der Waals surface area contributed by atoms with Crippen LogP contribution in [0.2, 0.25) is 0 Å². The van der Waals surface area contributed by atoms with Crippen LogP contribution in [-0.2, 0) is 13.3 Å². The topological polar surface area (TPSA) is 27.7 Å². The fourth-order valence-electron chi connectivity index (χ4n) is 0.500. The van der Waals surface area contributed by atoms with E-state index < -0.39 is 5.97 Å². The van der Waals surface area contributed by atoms with Crippen molar-refractivity contribution in [1.82, 2.24) is 0 Å². The molecule has 0 fully saturated rings. The van der Waals surface area contributed by atoms with Gasteiger partial charge in [-0.25, -0.2) is 0 Å². The van der Waals surface area contributed by atoms with Crippen molar-refractivity contribution < 1.29 is 13.3 Å². The van der Waals surface area contributed by atoms with Crippen LogP contribution in [0.5, 0.6) is 0 Å². The van der Waals surface area contributed by atoms with Crippen LogP contribution >= 0.6 is 0 Å².